The molecule has 1 aromatic carbocycles. The van der Waals surface area contributed by atoms with E-state index in [-0.39, 0.29) is 11.7 Å². The van der Waals surface area contributed by atoms with Gasteiger partial charge in [0, 0.05) is 23.6 Å². The van der Waals surface area contributed by atoms with Crippen LogP contribution < -0.4 is 0 Å². The van der Waals surface area contributed by atoms with E-state index in [2.05, 4.69) is 10.2 Å². The summed E-state index contributed by atoms with van der Waals surface area (Å²) in [6.45, 7) is 2.66. The molecule has 18 heavy (non-hydrogen) atoms. The van der Waals surface area contributed by atoms with Crippen molar-refractivity contribution in [3.05, 3.63) is 46.3 Å². The molecule has 2 aromatic rings. The van der Waals surface area contributed by atoms with Gasteiger partial charge in [-0.05, 0) is 19.1 Å². The van der Waals surface area contributed by atoms with Crippen LogP contribution in [0.15, 0.2) is 18.2 Å². The molecule has 0 saturated carbocycles. The number of halogens is 3. The van der Waals surface area contributed by atoms with Gasteiger partial charge in [0.15, 0.2) is 0 Å². The highest BCUT2D eigenvalue weighted by molar-refractivity contribution is 6.31. The topological polar surface area (TPSA) is 30.7 Å². The van der Waals surface area contributed by atoms with Gasteiger partial charge < -0.3 is 4.57 Å². The van der Waals surface area contributed by atoms with E-state index in [1.165, 1.54) is 6.07 Å². The Morgan fingerprint density at radius 1 is 1.28 bits per heavy atom. The first-order valence-corrected chi connectivity index (χ1v) is 6.48. The smallest absolute Gasteiger partial charge is 0.147 e. The minimum atomic E-state index is -0.333. The maximum absolute atomic E-state index is 13.7. The Balaban J connectivity index is 2.37. The van der Waals surface area contributed by atoms with Crippen LogP contribution in [0, 0.1) is 5.82 Å². The highest BCUT2D eigenvalue weighted by Crippen LogP contribution is 2.22. The van der Waals surface area contributed by atoms with Gasteiger partial charge in [0.2, 0.25) is 0 Å². The molecule has 0 amide bonds. The average molecular weight is 288 g/mol. The fourth-order valence-corrected chi connectivity index (χ4v) is 2.25. The summed E-state index contributed by atoms with van der Waals surface area (Å²) in [7, 11) is 0. The van der Waals surface area contributed by atoms with Crippen LogP contribution in [0.4, 0.5) is 4.39 Å². The second-order valence-electron chi connectivity index (χ2n) is 3.79. The largest absolute Gasteiger partial charge is 0.314 e. The van der Waals surface area contributed by atoms with Gasteiger partial charge in [-0.1, -0.05) is 17.7 Å². The first-order valence-electron chi connectivity index (χ1n) is 5.57. The lowest BCUT2D eigenvalue weighted by Crippen LogP contribution is -2.07. The van der Waals surface area contributed by atoms with Gasteiger partial charge in [-0.2, -0.15) is 0 Å². The van der Waals surface area contributed by atoms with Crippen LogP contribution in [0.3, 0.4) is 0 Å². The number of hydrogen-bond donors (Lipinski definition) is 0. The van der Waals surface area contributed by atoms with Crippen molar-refractivity contribution < 1.29 is 4.39 Å². The summed E-state index contributed by atoms with van der Waals surface area (Å²) in [5, 5.41) is 8.41. The van der Waals surface area contributed by atoms with Crippen LogP contribution in [0.25, 0.3) is 0 Å². The van der Waals surface area contributed by atoms with Crippen LogP contribution >= 0.6 is 23.2 Å². The second-order valence-corrected chi connectivity index (χ2v) is 4.46. The Kier molecular flexibility index (Phi) is 4.19. The van der Waals surface area contributed by atoms with Crippen molar-refractivity contribution in [2.24, 2.45) is 0 Å². The van der Waals surface area contributed by atoms with Gasteiger partial charge in [0.25, 0.3) is 0 Å². The Bertz CT molecular complexity index is 534. The molecule has 0 radical (unpaired) electrons. The van der Waals surface area contributed by atoms with Gasteiger partial charge in [-0.25, -0.2) is 4.39 Å². The number of rotatable bonds is 4. The Morgan fingerprint density at radius 2 is 2.00 bits per heavy atom. The van der Waals surface area contributed by atoms with Crippen molar-refractivity contribution in [2.75, 3.05) is 0 Å². The van der Waals surface area contributed by atoms with E-state index in [4.69, 9.17) is 23.2 Å². The third kappa shape index (κ3) is 2.49. The predicted molar refractivity (Wildman–Crippen MR) is 69.5 cm³/mol. The van der Waals surface area contributed by atoms with E-state index >= 15 is 0 Å². The summed E-state index contributed by atoms with van der Waals surface area (Å²) in [5.74, 6) is 1.30. The molecule has 2 rings (SSSR count). The molecule has 0 fully saturated rings. The number of benzene rings is 1. The molecule has 96 valence electrons. The average Bonchev–Trinajstić information content (AvgIpc) is 2.75. The SMILES string of the molecule is CCn1c(CCl)nnc1Cc1c(F)cccc1Cl. The Morgan fingerprint density at radius 3 is 2.61 bits per heavy atom. The molecule has 3 nitrogen and oxygen atoms in total. The fourth-order valence-electron chi connectivity index (χ4n) is 1.83. The zero-order valence-electron chi connectivity index (χ0n) is 9.83. The summed E-state index contributed by atoms with van der Waals surface area (Å²) in [6, 6.07) is 4.63. The van der Waals surface area contributed by atoms with Gasteiger partial charge >= 0.3 is 0 Å². The molecule has 0 bridgehead atoms. The summed E-state index contributed by atoms with van der Waals surface area (Å²) in [6.07, 6.45) is 0.309. The third-order valence-electron chi connectivity index (χ3n) is 2.74. The standard InChI is InChI=1S/C12H12Cl2FN3/c1-2-18-11(16-17-12(18)7-13)6-8-9(14)4-3-5-10(8)15/h3-5H,2,6-7H2,1H3. The number of alkyl halides is 1. The molecular weight excluding hydrogens is 276 g/mol. The molecule has 0 aliphatic carbocycles. The number of nitrogens with zero attached hydrogens (tertiary/aromatic N) is 3. The van der Waals surface area contributed by atoms with Gasteiger partial charge in [-0.3, -0.25) is 0 Å². The molecule has 0 saturated heterocycles. The predicted octanol–water partition coefficient (Wildman–Crippen LogP) is 3.42. The van der Waals surface area contributed by atoms with Crippen molar-refractivity contribution in [1.29, 1.82) is 0 Å². The van der Waals surface area contributed by atoms with Crippen LogP contribution in [0.1, 0.15) is 24.1 Å². The normalized spacial score (nSPS) is 10.9. The van der Waals surface area contributed by atoms with Gasteiger partial charge in [0.1, 0.15) is 17.5 Å². The maximum atomic E-state index is 13.7. The lowest BCUT2D eigenvalue weighted by atomic mass is 10.1. The van der Waals surface area contributed by atoms with Crippen molar-refractivity contribution in [3.63, 3.8) is 0 Å². The molecule has 0 aliphatic heterocycles. The number of aromatic nitrogens is 3. The monoisotopic (exact) mass is 287 g/mol. The van der Waals surface area contributed by atoms with E-state index in [9.17, 15) is 4.39 Å². The van der Waals surface area contributed by atoms with E-state index in [1.807, 2.05) is 11.5 Å². The van der Waals surface area contributed by atoms with Crippen LogP contribution in [0.2, 0.25) is 5.02 Å². The van der Waals surface area contributed by atoms with Crippen molar-refractivity contribution in [3.8, 4) is 0 Å². The zero-order valence-corrected chi connectivity index (χ0v) is 11.3. The number of hydrogen-bond acceptors (Lipinski definition) is 2. The molecule has 1 heterocycles. The van der Waals surface area contributed by atoms with Crippen molar-refractivity contribution >= 4 is 23.2 Å². The lowest BCUT2D eigenvalue weighted by Gasteiger charge is -2.08. The van der Waals surface area contributed by atoms with E-state index < -0.39 is 0 Å². The van der Waals surface area contributed by atoms with Crippen LogP contribution in [0.5, 0.6) is 0 Å². The molecule has 0 aliphatic rings. The molecular formula is C12H12Cl2FN3. The third-order valence-corrected chi connectivity index (χ3v) is 3.33. The summed E-state index contributed by atoms with van der Waals surface area (Å²) < 4.78 is 15.6. The Labute approximate surface area is 115 Å². The highest BCUT2D eigenvalue weighted by Gasteiger charge is 2.14. The maximum Gasteiger partial charge on any atom is 0.147 e. The van der Waals surface area contributed by atoms with Crippen LogP contribution in [-0.4, -0.2) is 14.8 Å². The molecule has 0 spiro atoms. The molecule has 0 unspecified atom stereocenters. The van der Waals surface area contributed by atoms with Gasteiger partial charge in [0.05, 0.1) is 5.88 Å². The molecule has 0 atom stereocenters. The quantitative estimate of drug-likeness (QED) is 0.807. The Hall–Kier alpha value is -1.13. The van der Waals surface area contributed by atoms with E-state index in [0.29, 0.717) is 35.2 Å². The second kappa shape index (κ2) is 5.67. The zero-order chi connectivity index (χ0) is 13.1. The van der Waals surface area contributed by atoms with Crippen molar-refractivity contribution in [2.45, 2.75) is 25.8 Å². The summed E-state index contributed by atoms with van der Waals surface area (Å²) in [4.78, 5) is 0. The first kappa shape index (κ1) is 13.3. The van der Waals surface area contributed by atoms with E-state index in [1.54, 1.807) is 12.1 Å². The summed E-state index contributed by atoms with van der Waals surface area (Å²) in [5.41, 5.74) is 0.433. The lowest BCUT2D eigenvalue weighted by molar-refractivity contribution is 0.606. The molecule has 1 aromatic heterocycles. The fraction of sp³-hybridized carbons (Fsp3) is 0.333. The van der Waals surface area contributed by atoms with Gasteiger partial charge in [-0.15, -0.1) is 21.8 Å². The highest BCUT2D eigenvalue weighted by atomic mass is 35.5. The minimum Gasteiger partial charge on any atom is -0.314 e. The summed E-state index contributed by atoms with van der Waals surface area (Å²) >= 11 is 11.8. The van der Waals surface area contributed by atoms with Crippen molar-refractivity contribution in [1.82, 2.24) is 14.8 Å². The first-order chi connectivity index (χ1) is 8.67. The van der Waals surface area contributed by atoms with Crippen LogP contribution in [-0.2, 0) is 18.8 Å². The molecule has 0 N–H and O–H groups in total. The minimum absolute atomic E-state index is 0.284. The molecule has 6 heteroatoms. The van der Waals surface area contributed by atoms with E-state index in [0.717, 1.165) is 0 Å².